The largest absolute Gasteiger partial charge is 0.508 e. The summed E-state index contributed by atoms with van der Waals surface area (Å²) >= 11 is 0. The van der Waals surface area contributed by atoms with Gasteiger partial charge in [-0.3, -0.25) is 0 Å². The molecule has 16 heavy (non-hydrogen) atoms. The summed E-state index contributed by atoms with van der Waals surface area (Å²) in [6.07, 6.45) is 8.90. The summed E-state index contributed by atoms with van der Waals surface area (Å²) in [7, 11) is 0. The average molecular weight is 218 g/mol. The molecule has 0 unspecified atom stereocenters. The Balaban J connectivity index is 2.34. The van der Waals surface area contributed by atoms with Crippen LogP contribution in [-0.2, 0) is 5.41 Å². The summed E-state index contributed by atoms with van der Waals surface area (Å²) in [5, 5.41) is 10.1. The van der Waals surface area contributed by atoms with E-state index in [9.17, 15) is 5.11 Å². The normalized spacial score (nSPS) is 19.6. The molecule has 1 heteroatoms. The van der Waals surface area contributed by atoms with Gasteiger partial charge in [-0.05, 0) is 30.7 Å². The van der Waals surface area contributed by atoms with E-state index in [-0.39, 0.29) is 5.41 Å². The average Bonchev–Trinajstić information content (AvgIpc) is 2.31. The molecule has 0 radical (unpaired) electrons. The molecule has 0 aromatic heterocycles. The molecule has 1 nitrogen and oxygen atoms in total. The standard InChI is InChI=1S/C15H22O/c1-2-10-15(11-6-3-7-12-15)13-8-4-5-9-14(13)16/h4-5,8-9,16H,2-3,6-7,10-12H2,1H3. The topological polar surface area (TPSA) is 20.2 Å². The summed E-state index contributed by atoms with van der Waals surface area (Å²) in [4.78, 5) is 0. The molecule has 0 heterocycles. The van der Waals surface area contributed by atoms with Crippen molar-refractivity contribution >= 4 is 0 Å². The third kappa shape index (κ3) is 2.09. The number of phenolic OH excluding ortho intramolecular Hbond substituents is 1. The fourth-order valence-electron chi connectivity index (χ4n) is 3.28. The van der Waals surface area contributed by atoms with E-state index in [2.05, 4.69) is 19.1 Å². The van der Waals surface area contributed by atoms with Crippen molar-refractivity contribution in [3.8, 4) is 5.75 Å². The molecule has 1 aliphatic carbocycles. The van der Waals surface area contributed by atoms with E-state index >= 15 is 0 Å². The minimum Gasteiger partial charge on any atom is -0.508 e. The summed E-state index contributed by atoms with van der Waals surface area (Å²) in [6, 6.07) is 7.93. The molecule has 0 bridgehead atoms. The second-order valence-corrected chi connectivity index (χ2v) is 5.11. The Morgan fingerprint density at radius 1 is 1.12 bits per heavy atom. The Bertz CT molecular complexity index is 332. The van der Waals surface area contributed by atoms with Crippen molar-refractivity contribution in [1.29, 1.82) is 0 Å². The number of hydrogen-bond donors (Lipinski definition) is 1. The number of rotatable bonds is 3. The first-order chi connectivity index (χ1) is 7.78. The number of para-hydroxylation sites is 1. The molecule has 0 saturated heterocycles. The Morgan fingerprint density at radius 2 is 1.81 bits per heavy atom. The molecule has 2 rings (SSSR count). The number of benzene rings is 1. The maximum absolute atomic E-state index is 10.1. The van der Waals surface area contributed by atoms with Crippen LogP contribution in [0.5, 0.6) is 5.75 Å². The highest BCUT2D eigenvalue weighted by molar-refractivity contribution is 5.38. The fourth-order valence-corrected chi connectivity index (χ4v) is 3.28. The highest BCUT2D eigenvalue weighted by Crippen LogP contribution is 2.45. The lowest BCUT2D eigenvalue weighted by Crippen LogP contribution is -2.28. The van der Waals surface area contributed by atoms with Crippen LogP contribution in [0.25, 0.3) is 0 Å². The van der Waals surface area contributed by atoms with Crippen molar-refractivity contribution in [2.75, 3.05) is 0 Å². The summed E-state index contributed by atoms with van der Waals surface area (Å²) < 4.78 is 0. The Kier molecular flexibility index (Phi) is 3.52. The van der Waals surface area contributed by atoms with E-state index in [1.807, 2.05) is 12.1 Å². The van der Waals surface area contributed by atoms with Crippen LogP contribution in [0.1, 0.15) is 57.4 Å². The maximum atomic E-state index is 10.1. The van der Waals surface area contributed by atoms with Gasteiger partial charge in [0.2, 0.25) is 0 Å². The lowest BCUT2D eigenvalue weighted by molar-refractivity contribution is 0.263. The van der Waals surface area contributed by atoms with Crippen molar-refractivity contribution in [2.45, 2.75) is 57.3 Å². The van der Waals surface area contributed by atoms with Gasteiger partial charge < -0.3 is 5.11 Å². The molecule has 1 aromatic rings. The highest BCUT2D eigenvalue weighted by Gasteiger charge is 2.34. The van der Waals surface area contributed by atoms with Crippen LogP contribution in [0.2, 0.25) is 0 Å². The number of phenols is 1. The highest BCUT2D eigenvalue weighted by atomic mass is 16.3. The van der Waals surface area contributed by atoms with Crippen LogP contribution in [0, 0.1) is 0 Å². The minimum atomic E-state index is 0.262. The van der Waals surface area contributed by atoms with E-state index in [0.717, 1.165) is 0 Å². The molecule has 88 valence electrons. The van der Waals surface area contributed by atoms with Gasteiger partial charge >= 0.3 is 0 Å². The third-order valence-corrected chi connectivity index (χ3v) is 4.01. The second-order valence-electron chi connectivity index (χ2n) is 5.11. The Labute approximate surface area is 98.5 Å². The molecule has 0 atom stereocenters. The van der Waals surface area contributed by atoms with E-state index in [0.29, 0.717) is 5.75 Å². The van der Waals surface area contributed by atoms with Gasteiger partial charge in [0.15, 0.2) is 0 Å². The number of aromatic hydroxyl groups is 1. The van der Waals surface area contributed by atoms with Gasteiger partial charge in [0.05, 0.1) is 0 Å². The smallest absolute Gasteiger partial charge is 0.119 e. The van der Waals surface area contributed by atoms with Gasteiger partial charge in [-0.2, -0.15) is 0 Å². The molecular weight excluding hydrogens is 196 g/mol. The predicted molar refractivity (Wildman–Crippen MR) is 67.8 cm³/mol. The van der Waals surface area contributed by atoms with Gasteiger partial charge in [0, 0.05) is 5.56 Å². The van der Waals surface area contributed by atoms with Crippen LogP contribution >= 0.6 is 0 Å². The van der Waals surface area contributed by atoms with Crippen molar-refractivity contribution in [3.63, 3.8) is 0 Å². The zero-order valence-electron chi connectivity index (χ0n) is 10.2. The SMILES string of the molecule is CCCC1(c2ccccc2O)CCCCC1. The van der Waals surface area contributed by atoms with E-state index in [4.69, 9.17) is 0 Å². The quantitative estimate of drug-likeness (QED) is 0.797. The molecule has 1 fully saturated rings. The monoisotopic (exact) mass is 218 g/mol. The van der Waals surface area contributed by atoms with Crippen molar-refractivity contribution in [2.24, 2.45) is 0 Å². The van der Waals surface area contributed by atoms with Crippen molar-refractivity contribution < 1.29 is 5.11 Å². The van der Waals surface area contributed by atoms with Crippen molar-refractivity contribution in [3.05, 3.63) is 29.8 Å². The van der Waals surface area contributed by atoms with Crippen LogP contribution in [0.15, 0.2) is 24.3 Å². The molecule has 0 amide bonds. The zero-order valence-corrected chi connectivity index (χ0v) is 10.2. The zero-order chi connectivity index (χ0) is 11.4. The van der Waals surface area contributed by atoms with Gasteiger partial charge in [-0.1, -0.05) is 50.8 Å². The lowest BCUT2D eigenvalue weighted by Gasteiger charge is -2.38. The van der Waals surface area contributed by atoms with Gasteiger partial charge in [0.25, 0.3) is 0 Å². The molecular formula is C15H22O. The number of hydrogen-bond acceptors (Lipinski definition) is 1. The second kappa shape index (κ2) is 4.90. The maximum Gasteiger partial charge on any atom is 0.119 e. The Morgan fingerprint density at radius 3 is 2.44 bits per heavy atom. The van der Waals surface area contributed by atoms with Crippen LogP contribution in [-0.4, -0.2) is 5.11 Å². The van der Waals surface area contributed by atoms with Crippen molar-refractivity contribution in [1.82, 2.24) is 0 Å². The van der Waals surface area contributed by atoms with Crippen LogP contribution < -0.4 is 0 Å². The first kappa shape index (κ1) is 11.5. The van der Waals surface area contributed by atoms with Crippen LogP contribution in [0.4, 0.5) is 0 Å². The molecule has 1 saturated carbocycles. The first-order valence-electron chi connectivity index (χ1n) is 6.57. The minimum absolute atomic E-state index is 0.262. The molecule has 1 N–H and O–H groups in total. The third-order valence-electron chi connectivity index (χ3n) is 4.01. The lowest BCUT2D eigenvalue weighted by atomic mass is 9.66. The van der Waals surface area contributed by atoms with Gasteiger partial charge in [-0.15, -0.1) is 0 Å². The Hall–Kier alpha value is -0.980. The first-order valence-corrected chi connectivity index (χ1v) is 6.57. The molecule has 0 spiro atoms. The van der Waals surface area contributed by atoms with Crippen LogP contribution in [0.3, 0.4) is 0 Å². The summed E-state index contributed by atoms with van der Waals surface area (Å²) in [5.74, 6) is 0.498. The summed E-state index contributed by atoms with van der Waals surface area (Å²) in [6.45, 7) is 2.25. The molecule has 1 aromatic carbocycles. The van der Waals surface area contributed by atoms with E-state index in [1.54, 1.807) is 0 Å². The van der Waals surface area contributed by atoms with Gasteiger partial charge in [-0.25, -0.2) is 0 Å². The fraction of sp³-hybridized carbons (Fsp3) is 0.600. The van der Waals surface area contributed by atoms with Gasteiger partial charge in [0.1, 0.15) is 5.75 Å². The van der Waals surface area contributed by atoms with E-state index in [1.165, 1.54) is 50.5 Å². The van der Waals surface area contributed by atoms with E-state index < -0.39 is 0 Å². The predicted octanol–water partition coefficient (Wildman–Crippen LogP) is 4.39. The molecule has 0 aliphatic heterocycles. The molecule has 1 aliphatic rings. The summed E-state index contributed by atoms with van der Waals surface area (Å²) in [5.41, 5.74) is 1.45.